The molecule has 0 aliphatic rings. The summed E-state index contributed by atoms with van der Waals surface area (Å²) in [5, 5.41) is 0.345. The highest BCUT2D eigenvalue weighted by atomic mass is 35.5. The fraction of sp³-hybridized carbons (Fsp3) is 1.00. The van der Waals surface area contributed by atoms with Gasteiger partial charge in [0.05, 0.1) is 0 Å². The minimum Gasteiger partial charge on any atom is -0.162 e. The van der Waals surface area contributed by atoms with Gasteiger partial charge in [-0.25, -0.2) is 0 Å². The maximum atomic E-state index is 6.01. The van der Waals surface area contributed by atoms with Gasteiger partial charge >= 0.3 is 0 Å². The van der Waals surface area contributed by atoms with Gasteiger partial charge in [0.25, 0.3) is 0 Å². The maximum Gasteiger partial charge on any atom is 0.0336 e. The van der Waals surface area contributed by atoms with Crippen LogP contribution >= 0.6 is 23.4 Å². The van der Waals surface area contributed by atoms with Gasteiger partial charge in [-0.15, -0.1) is 11.6 Å². The van der Waals surface area contributed by atoms with E-state index in [0.717, 1.165) is 5.92 Å². The van der Waals surface area contributed by atoms with Crippen molar-refractivity contribution in [2.45, 2.75) is 39.0 Å². The second kappa shape index (κ2) is 7.30. The van der Waals surface area contributed by atoms with Crippen molar-refractivity contribution in [1.82, 2.24) is 0 Å². The van der Waals surface area contributed by atoms with Crippen molar-refractivity contribution in [2.24, 2.45) is 5.92 Å². The standard InChI is InChI=1S/C9H19ClS/c1-4-9(8(3)10)6-7-11-5-2/h8-9H,4-7H2,1-3H3. The van der Waals surface area contributed by atoms with E-state index in [1.807, 2.05) is 11.8 Å². The Labute approximate surface area is 80.1 Å². The minimum absolute atomic E-state index is 0.345. The first kappa shape index (κ1) is 11.6. The summed E-state index contributed by atoms with van der Waals surface area (Å²) in [6.45, 7) is 6.53. The van der Waals surface area contributed by atoms with Crippen molar-refractivity contribution >= 4 is 23.4 Å². The van der Waals surface area contributed by atoms with E-state index in [1.165, 1.54) is 24.3 Å². The highest BCUT2D eigenvalue weighted by molar-refractivity contribution is 7.99. The molecule has 2 unspecified atom stereocenters. The van der Waals surface area contributed by atoms with Gasteiger partial charge in [-0.05, 0) is 30.8 Å². The van der Waals surface area contributed by atoms with Gasteiger partial charge < -0.3 is 0 Å². The van der Waals surface area contributed by atoms with E-state index in [4.69, 9.17) is 11.6 Å². The molecule has 0 aromatic carbocycles. The lowest BCUT2D eigenvalue weighted by molar-refractivity contribution is 0.488. The molecule has 0 amide bonds. The van der Waals surface area contributed by atoms with E-state index in [2.05, 4.69) is 20.8 Å². The Hall–Kier alpha value is 0.640. The van der Waals surface area contributed by atoms with Crippen molar-refractivity contribution in [2.75, 3.05) is 11.5 Å². The molecule has 0 saturated heterocycles. The molecule has 0 aromatic heterocycles. The fourth-order valence-electron chi connectivity index (χ4n) is 1.14. The summed E-state index contributed by atoms with van der Waals surface area (Å²) in [6.07, 6.45) is 2.49. The SMILES string of the molecule is CCSCCC(CC)C(C)Cl. The Morgan fingerprint density at radius 2 is 2.00 bits per heavy atom. The average Bonchev–Trinajstić information content (AvgIpc) is 1.97. The Bertz CT molecular complexity index is 83.6. The molecule has 2 heteroatoms. The van der Waals surface area contributed by atoms with Crippen molar-refractivity contribution in [1.29, 1.82) is 0 Å². The first-order valence-electron chi connectivity index (χ1n) is 4.44. The Morgan fingerprint density at radius 3 is 2.36 bits per heavy atom. The number of hydrogen-bond donors (Lipinski definition) is 0. The molecule has 0 aliphatic carbocycles. The molecular weight excluding hydrogens is 176 g/mol. The molecular formula is C9H19ClS. The summed E-state index contributed by atoms with van der Waals surface area (Å²) in [6, 6.07) is 0. The molecule has 0 N–H and O–H groups in total. The lowest BCUT2D eigenvalue weighted by Gasteiger charge is -2.16. The first-order chi connectivity index (χ1) is 5.22. The monoisotopic (exact) mass is 194 g/mol. The van der Waals surface area contributed by atoms with Crippen LogP contribution in [0.4, 0.5) is 0 Å². The number of rotatable bonds is 6. The highest BCUT2D eigenvalue weighted by Crippen LogP contribution is 2.20. The number of halogens is 1. The zero-order chi connectivity index (χ0) is 8.69. The quantitative estimate of drug-likeness (QED) is 0.458. The normalized spacial score (nSPS) is 16.4. The Kier molecular flexibility index (Phi) is 7.72. The van der Waals surface area contributed by atoms with Crippen molar-refractivity contribution in [3.8, 4) is 0 Å². The molecule has 0 aliphatic heterocycles. The van der Waals surface area contributed by atoms with Crippen molar-refractivity contribution < 1.29 is 0 Å². The van der Waals surface area contributed by atoms with Crippen molar-refractivity contribution in [3.63, 3.8) is 0 Å². The van der Waals surface area contributed by atoms with Gasteiger partial charge in [0, 0.05) is 5.38 Å². The summed E-state index contributed by atoms with van der Waals surface area (Å²) in [7, 11) is 0. The third-order valence-corrected chi connectivity index (χ3v) is 3.30. The molecule has 0 radical (unpaired) electrons. The molecule has 0 heterocycles. The molecule has 0 spiro atoms. The second-order valence-corrected chi connectivity index (χ2v) is 4.91. The maximum absolute atomic E-state index is 6.01. The van der Waals surface area contributed by atoms with E-state index >= 15 is 0 Å². The Morgan fingerprint density at radius 1 is 1.36 bits per heavy atom. The van der Waals surface area contributed by atoms with Crippen LogP contribution < -0.4 is 0 Å². The van der Waals surface area contributed by atoms with Crippen LogP contribution in [0.1, 0.15) is 33.6 Å². The molecule has 2 atom stereocenters. The van der Waals surface area contributed by atoms with Crippen LogP contribution in [-0.4, -0.2) is 16.9 Å². The second-order valence-electron chi connectivity index (χ2n) is 2.83. The molecule has 68 valence electrons. The number of alkyl halides is 1. The zero-order valence-electron chi connectivity index (χ0n) is 7.77. The number of hydrogen-bond acceptors (Lipinski definition) is 1. The van der Waals surface area contributed by atoms with E-state index < -0.39 is 0 Å². The molecule has 11 heavy (non-hydrogen) atoms. The lowest BCUT2D eigenvalue weighted by Crippen LogP contribution is -2.11. The predicted molar refractivity (Wildman–Crippen MR) is 56.7 cm³/mol. The topological polar surface area (TPSA) is 0 Å². The van der Waals surface area contributed by atoms with Crippen LogP contribution in [0.2, 0.25) is 0 Å². The first-order valence-corrected chi connectivity index (χ1v) is 6.03. The summed E-state index contributed by atoms with van der Waals surface area (Å²) in [5.41, 5.74) is 0. The lowest BCUT2D eigenvalue weighted by atomic mass is 10.0. The third-order valence-electron chi connectivity index (χ3n) is 2.01. The third kappa shape index (κ3) is 5.86. The van der Waals surface area contributed by atoms with E-state index in [9.17, 15) is 0 Å². The van der Waals surface area contributed by atoms with Crippen molar-refractivity contribution in [3.05, 3.63) is 0 Å². The number of thioether (sulfide) groups is 1. The summed E-state index contributed by atoms with van der Waals surface area (Å²) < 4.78 is 0. The van der Waals surface area contributed by atoms with Crippen LogP contribution in [0.3, 0.4) is 0 Å². The highest BCUT2D eigenvalue weighted by Gasteiger charge is 2.11. The van der Waals surface area contributed by atoms with Crippen LogP contribution in [-0.2, 0) is 0 Å². The van der Waals surface area contributed by atoms with Crippen LogP contribution in [0, 0.1) is 5.92 Å². The van der Waals surface area contributed by atoms with Gasteiger partial charge in [-0.1, -0.05) is 20.3 Å². The van der Waals surface area contributed by atoms with Crippen LogP contribution in [0.25, 0.3) is 0 Å². The van der Waals surface area contributed by atoms with Gasteiger partial charge in [0.15, 0.2) is 0 Å². The zero-order valence-corrected chi connectivity index (χ0v) is 9.34. The Balaban J connectivity index is 3.36. The van der Waals surface area contributed by atoms with Crippen LogP contribution in [0.5, 0.6) is 0 Å². The smallest absolute Gasteiger partial charge is 0.0336 e. The molecule has 0 nitrogen and oxygen atoms in total. The molecule has 0 bridgehead atoms. The average molecular weight is 195 g/mol. The van der Waals surface area contributed by atoms with E-state index in [-0.39, 0.29) is 0 Å². The van der Waals surface area contributed by atoms with E-state index in [0.29, 0.717) is 5.38 Å². The fourth-order valence-corrected chi connectivity index (χ4v) is 2.20. The summed E-state index contributed by atoms with van der Waals surface area (Å²) >= 11 is 8.02. The molecule has 0 rings (SSSR count). The summed E-state index contributed by atoms with van der Waals surface area (Å²) in [4.78, 5) is 0. The van der Waals surface area contributed by atoms with Crippen LogP contribution in [0.15, 0.2) is 0 Å². The summed E-state index contributed by atoms with van der Waals surface area (Å²) in [5.74, 6) is 3.22. The van der Waals surface area contributed by atoms with E-state index in [1.54, 1.807) is 0 Å². The van der Waals surface area contributed by atoms with Gasteiger partial charge in [0.2, 0.25) is 0 Å². The van der Waals surface area contributed by atoms with Gasteiger partial charge in [0.1, 0.15) is 0 Å². The molecule has 0 saturated carbocycles. The predicted octanol–water partition coefficient (Wildman–Crippen LogP) is 3.78. The molecule has 0 aromatic rings. The van der Waals surface area contributed by atoms with Gasteiger partial charge in [-0.3, -0.25) is 0 Å². The molecule has 0 fully saturated rings. The minimum atomic E-state index is 0.345. The van der Waals surface area contributed by atoms with Gasteiger partial charge in [-0.2, -0.15) is 11.8 Å². The largest absolute Gasteiger partial charge is 0.162 e.